The van der Waals surface area contributed by atoms with E-state index in [4.69, 9.17) is 21.3 Å². The second-order valence-electron chi connectivity index (χ2n) is 9.62. The van der Waals surface area contributed by atoms with E-state index < -0.39 is 17.4 Å². The first-order valence-corrected chi connectivity index (χ1v) is 14.2. The predicted molar refractivity (Wildman–Crippen MR) is 161 cm³/mol. The molecule has 3 aromatic carbocycles. The molecule has 1 saturated carbocycles. The van der Waals surface area contributed by atoms with Crippen molar-refractivity contribution >= 4 is 61.9 Å². The van der Waals surface area contributed by atoms with Gasteiger partial charge < -0.3 is 10.1 Å². The molecule has 12 heteroatoms. The first kappa shape index (κ1) is 28.4. The Labute approximate surface area is 248 Å². The Balaban J connectivity index is 1.49. The van der Waals surface area contributed by atoms with E-state index in [9.17, 15) is 19.7 Å². The van der Waals surface area contributed by atoms with E-state index in [0.29, 0.717) is 27.4 Å². The van der Waals surface area contributed by atoms with Gasteiger partial charge in [-0.05, 0) is 61.4 Å². The number of rotatable bonds is 8. The summed E-state index contributed by atoms with van der Waals surface area (Å²) in [4.78, 5) is 42.2. The molecule has 0 spiro atoms. The molecule has 0 atom stereocenters. The molecule has 0 saturated heterocycles. The molecule has 0 radical (unpaired) electrons. The van der Waals surface area contributed by atoms with Crippen LogP contribution in [-0.4, -0.2) is 33.3 Å². The van der Waals surface area contributed by atoms with Crippen molar-refractivity contribution in [3.05, 3.63) is 102 Å². The highest BCUT2D eigenvalue weighted by atomic mass is 79.9. The van der Waals surface area contributed by atoms with Crippen LogP contribution in [0.2, 0.25) is 5.02 Å². The largest absolute Gasteiger partial charge is 0.476 e. The fourth-order valence-corrected chi connectivity index (χ4v) is 5.32. The Bertz CT molecular complexity index is 1700. The number of fused-ring (bicyclic) bond motifs is 1. The van der Waals surface area contributed by atoms with E-state index in [0.717, 1.165) is 36.6 Å². The SMILES string of the molecule is O=C(COc1c(C=Nn2c(C3CCCCC3)nc3ccc(Br)cc3c2=O)cccc1[N+](=O)[O-])Nc1ccc(Cl)cc1. The van der Waals surface area contributed by atoms with Gasteiger partial charge in [-0.15, -0.1) is 0 Å². The number of nitrogens with one attached hydrogen (secondary N) is 1. The number of hydrogen-bond donors (Lipinski definition) is 1. The third-order valence-corrected chi connectivity index (χ3v) is 7.56. The quantitative estimate of drug-likeness (QED) is 0.130. The van der Waals surface area contributed by atoms with Gasteiger partial charge in [0.15, 0.2) is 6.61 Å². The zero-order valence-corrected chi connectivity index (χ0v) is 24.1. The van der Waals surface area contributed by atoms with E-state index in [1.165, 1.54) is 23.0 Å². The molecule has 1 aliphatic rings. The van der Waals surface area contributed by atoms with Crippen molar-refractivity contribution < 1.29 is 14.5 Å². The maximum Gasteiger partial charge on any atom is 0.311 e. The molecule has 41 heavy (non-hydrogen) atoms. The summed E-state index contributed by atoms with van der Waals surface area (Å²) in [5, 5.41) is 19.9. The standard InChI is InChI=1S/C29H25BrClN5O5/c30-20-9-14-24-23(15-20)29(38)35(28(34-24)18-5-2-1-3-6-18)32-16-19-7-4-8-25(36(39)40)27(19)41-17-26(37)33-22-12-10-21(31)11-13-22/h4,7-16,18H,1-3,5-6,17H2,(H,33,37). The normalized spacial score (nSPS) is 13.9. The van der Waals surface area contributed by atoms with Gasteiger partial charge in [-0.25, -0.2) is 4.98 Å². The predicted octanol–water partition coefficient (Wildman–Crippen LogP) is 6.67. The second kappa shape index (κ2) is 12.6. The fraction of sp³-hybridized carbons (Fsp3) is 0.241. The van der Waals surface area contributed by atoms with E-state index >= 15 is 0 Å². The summed E-state index contributed by atoms with van der Waals surface area (Å²) in [5.74, 6) is -0.0557. The molecule has 1 amide bonds. The molecule has 1 N–H and O–H groups in total. The smallest absolute Gasteiger partial charge is 0.311 e. The van der Waals surface area contributed by atoms with Crippen LogP contribution in [0.25, 0.3) is 10.9 Å². The van der Waals surface area contributed by atoms with Crippen LogP contribution in [0.15, 0.2) is 75.0 Å². The van der Waals surface area contributed by atoms with Gasteiger partial charge in [0.05, 0.1) is 22.0 Å². The van der Waals surface area contributed by atoms with Crippen molar-refractivity contribution in [3.63, 3.8) is 0 Å². The van der Waals surface area contributed by atoms with Crippen LogP contribution < -0.4 is 15.6 Å². The Kier molecular flexibility index (Phi) is 8.75. The number of halogens is 2. The average molecular weight is 639 g/mol. The van der Waals surface area contributed by atoms with Gasteiger partial charge in [0.25, 0.3) is 11.5 Å². The van der Waals surface area contributed by atoms with Crippen LogP contribution in [0.3, 0.4) is 0 Å². The van der Waals surface area contributed by atoms with Gasteiger partial charge in [0, 0.05) is 32.7 Å². The number of carbonyl (C=O) groups excluding carboxylic acids is 1. The summed E-state index contributed by atoms with van der Waals surface area (Å²) >= 11 is 9.30. The Morgan fingerprint density at radius 3 is 2.66 bits per heavy atom. The van der Waals surface area contributed by atoms with E-state index in [2.05, 4.69) is 26.3 Å². The van der Waals surface area contributed by atoms with Gasteiger partial charge in [-0.3, -0.25) is 19.7 Å². The number of para-hydroxylation sites is 1. The topological polar surface area (TPSA) is 129 Å². The van der Waals surface area contributed by atoms with Crippen molar-refractivity contribution in [1.29, 1.82) is 0 Å². The minimum atomic E-state index is -0.599. The minimum absolute atomic E-state index is 0.0547. The zero-order valence-electron chi connectivity index (χ0n) is 21.8. The fourth-order valence-electron chi connectivity index (χ4n) is 4.84. The molecule has 0 bridgehead atoms. The molecule has 1 aromatic heterocycles. The summed E-state index contributed by atoms with van der Waals surface area (Å²) < 4.78 is 7.67. The molecule has 0 aliphatic heterocycles. The van der Waals surface area contributed by atoms with Gasteiger partial charge in [-0.2, -0.15) is 9.78 Å². The number of amides is 1. The molecular formula is C29H25BrClN5O5. The minimum Gasteiger partial charge on any atom is -0.476 e. The van der Waals surface area contributed by atoms with Gasteiger partial charge in [0.2, 0.25) is 5.75 Å². The van der Waals surface area contributed by atoms with Crippen LogP contribution >= 0.6 is 27.5 Å². The highest BCUT2D eigenvalue weighted by molar-refractivity contribution is 9.10. The van der Waals surface area contributed by atoms with Crippen molar-refractivity contribution in [2.24, 2.45) is 5.10 Å². The number of hydrogen-bond acceptors (Lipinski definition) is 7. The van der Waals surface area contributed by atoms with Crippen LogP contribution in [0.4, 0.5) is 11.4 Å². The first-order chi connectivity index (χ1) is 19.8. The highest BCUT2D eigenvalue weighted by Gasteiger charge is 2.24. The lowest BCUT2D eigenvalue weighted by Gasteiger charge is -2.22. The van der Waals surface area contributed by atoms with E-state index in [-0.39, 0.29) is 28.5 Å². The number of carbonyl (C=O) groups is 1. The number of benzene rings is 3. The third kappa shape index (κ3) is 6.63. The lowest BCUT2D eigenvalue weighted by Crippen LogP contribution is -2.25. The molecule has 1 heterocycles. The maximum absolute atomic E-state index is 13.6. The maximum atomic E-state index is 13.6. The number of aromatic nitrogens is 2. The zero-order chi connectivity index (χ0) is 28.9. The molecule has 1 fully saturated rings. The Hall–Kier alpha value is -4.09. The number of nitrogens with zero attached hydrogens (tertiary/aromatic N) is 4. The first-order valence-electron chi connectivity index (χ1n) is 13.0. The molecule has 5 rings (SSSR count). The summed E-state index contributed by atoms with van der Waals surface area (Å²) in [7, 11) is 0. The van der Waals surface area contributed by atoms with Crippen molar-refractivity contribution in [2.45, 2.75) is 38.0 Å². The van der Waals surface area contributed by atoms with Gasteiger partial charge >= 0.3 is 5.69 Å². The molecule has 0 unspecified atom stereocenters. The monoisotopic (exact) mass is 637 g/mol. The number of anilines is 1. The number of ether oxygens (including phenoxy) is 1. The Morgan fingerprint density at radius 2 is 1.93 bits per heavy atom. The van der Waals surface area contributed by atoms with Gasteiger partial charge in [0.1, 0.15) is 5.82 Å². The summed E-state index contributed by atoms with van der Waals surface area (Å²) in [6.07, 6.45) is 6.30. The van der Waals surface area contributed by atoms with Crippen molar-refractivity contribution in [1.82, 2.24) is 9.66 Å². The molecule has 210 valence electrons. The van der Waals surface area contributed by atoms with Crippen LogP contribution in [0.1, 0.15) is 49.4 Å². The van der Waals surface area contributed by atoms with Crippen molar-refractivity contribution in [3.8, 4) is 5.75 Å². The van der Waals surface area contributed by atoms with E-state index in [1.54, 1.807) is 42.5 Å². The van der Waals surface area contributed by atoms with Crippen LogP contribution in [0, 0.1) is 10.1 Å². The Morgan fingerprint density at radius 1 is 1.17 bits per heavy atom. The summed E-state index contributed by atoms with van der Waals surface area (Å²) in [6, 6.07) is 16.2. The third-order valence-electron chi connectivity index (χ3n) is 6.81. The van der Waals surface area contributed by atoms with Crippen molar-refractivity contribution in [2.75, 3.05) is 11.9 Å². The average Bonchev–Trinajstić information content (AvgIpc) is 2.97. The number of nitro groups is 1. The lowest BCUT2D eigenvalue weighted by atomic mass is 9.88. The summed E-state index contributed by atoms with van der Waals surface area (Å²) in [5.41, 5.74) is 0.625. The van der Waals surface area contributed by atoms with Crippen LogP contribution in [-0.2, 0) is 4.79 Å². The highest BCUT2D eigenvalue weighted by Crippen LogP contribution is 2.33. The molecule has 4 aromatic rings. The van der Waals surface area contributed by atoms with Gasteiger partial charge in [-0.1, -0.05) is 52.9 Å². The molecular weight excluding hydrogens is 614 g/mol. The number of nitro benzene ring substituents is 1. The van der Waals surface area contributed by atoms with Crippen LogP contribution in [0.5, 0.6) is 5.75 Å². The van der Waals surface area contributed by atoms with E-state index in [1.807, 2.05) is 6.07 Å². The molecule has 1 aliphatic carbocycles. The lowest BCUT2D eigenvalue weighted by molar-refractivity contribution is -0.385. The molecule has 10 nitrogen and oxygen atoms in total. The second-order valence-corrected chi connectivity index (χ2v) is 11.0. The summed E-state index contributed by atoms with van der Waals surface area (Å²) in [6.45, 7) is -0.493.